The van der Waals surface area contributed by atoms with E-state index in [1.54, 1.807) is 0 Å². The number of benzene rings is 1. The molecule has 0 atom stereocenters. The molecule has 0 N–H and O–H groups in total. The first-order valence-corrected chi connectivity index (χ1v) is 3.96. The van der Waals surface area contributed by atoms with Crippen molar-refractivity contribution >= 4 is 11.7 Å². The van der Waals surface area contributed by atoms with Crippen LogP contribution in [-0.4, -0.2) is 0 Å². The molecule has 86 valence electrons. The molecule has 6 heteroatoms. The second-order valence-corrected chi connectivity index (χ2v) is 2.73. The molecule has 1 rings (SSSR count). The SMILES string of the molecule is FC(F)=C(F)c1ccc(C(F)=C(F)F)cc1. The van der Waals surface area contributed by atoms with Gasteiger partial charge in [-0.05, 0) is 0 Å². The number of halogens is 6. The van der Waals surface area contributed by atoms with Crippen LogP contribution >= 0.6 is 0 Å². The first-order valence-electron chi connectivity index (χ1n) is 3.96. The third-order valence-electron chi connectivity index (χ3n) is 1.72. The maximum absolute atomic E-state index is 12.6. The van der Waals surface area contributed by atoms with E-state index in [2.05, 4.69) is 0 Å². The highest BCUT2D eigenvalue weighted by Crippen LogP contribution is 2.26. The molecule has 0 nitrogen and oxygen atoms in total. The molecule has 0 bridgehead atoms. The van der Waals surface area contributed by atoms with E-state index in [0.29, 0.717) is 0 Å². The minimum atomic E-state index is -2.53. The van der Waals surface area contributed by atoms with Gasteiger partial charge in [0.1, 0.15) is 0 Å². The van der Waals surface area contributed by atoms with Crippen LogP contribution < -0.4 is 0 Å². The maximum atomic E-state index is 12.6. The largest absolute Gasteiger partial charge is 0.306 e. The van der Waals surface area contributed by atoms with Gasteiger partial charge in [-0.2, -0.15) is 17.6 Å². The Morgan fingerprint density at radius 1 is 0.562 bits per heavy atom. The van der Waals surface area contributed by atoms with Crippen LogP contribution in [0.3, 0.4) is 0 Å². The molecule has 0 saturated heterocycles. The molecule has 0 spiro atoms. The van der Waals surface area contributed by atoms with E-state index in [4.69, 9.17) is 0 Å². The van der Waals surface area contributed by atoms with Crippen LogP contribution in [0.25, 0.3) is 11.7 Å². The Balaban J connectivity index is 3.11. The van der Waals surface area contributed by atoms with Gasteiger partial charge in [-0.25, -0.2) is 8.78 Å². The minimum Gasteiger partial charge on any atom is -0.200 e. The van der Waals surface area contributed by atoms with E-state index >= 15 is 0 Å². The molecule has 0 unspecified atom stereocenters. The predicted molar refractivity (Wildman–Crippen MR) is 46.9 cm³/mol. The summed E-state index contributed by atoms with van der Waals surface area (Å²) in [5, 5.41) is 0. The Morgan fingerprint density at radius 3 is 1.00 bits per heavy atom. The molecule has 0 aromatic heterocycles. The Morgan fingerprint density at radius 2 is 0.812 bits per heavy atom. The van der Waals surface area contributed by atoms with Gasteiger partial charge in [0.05, 0.1) is 0 Å². The van der Waals surface area contributed by atoms with Crippen LogP contribution in [0.4, 0.5) is 26.3 Å². The second kappa shape index (κ2) is 4.87. The Bertz CT molecular complexity index is 392. The fourth-order valence-electron chi connectivity index (χ4n) is 0.981. The van der Waals surface area contributed by atoms with Crippen LogP contribution in [0.2, 0.25) is 0 Å². The van der Waals surface area contributed by atoms with Crippen molar-refractivity contribution in [2.45, 2.75) is 0 Å². The van der Waals surface area contributed by atoms with Crippen molar-refractivity contribution in [3.63, 3.8) is 0 Å². The van der Waals surface area contributed by atoms with E-state index in [-0.39, 0.29) is 0 Å². The average molecular weight is 238 g/mol. The van der Waals surface area contributed by atoms with Crippen LogP contribution in [0.5, 0.6) is 0 Å². The van der Waals surface area contributed by atoms with Gasteiger partial charge in [0.25, 0.3) is 0 Å². The van der Waals surface area contributed by atoms with Gasteiger partial charge in [-0.1, -0.05) is 24.3 Å². The summed E-state index contributed by atoms with van der Waals surface area (Å²) in [6, 6.07) is 3.14. The molecule has 0 aliphatic rings. The molecule has 16 heavy (non-hydrogen) atoms. The molecule has 0 fully saturated rings. The van der Waals surface area contributed by atoms with Gasteiger partial charge in [0.2, 0.25) is 0 Å². The Hall–Kier alpha value is -1.72. The molecular weight excluding hydrogens is 234 g/mol. The Labute approximate surface area is 86.5 Å². The van der Waals surface area contributed by atoms with E-state index in [1.807, 2.05) is 0 Å². The Kier molecular flexibility index (Phi) is 3.76. The standard InChI is InChI=1S/C10H4F6/c11-7(9(13)14)5-1-2-6(4-3-5)8(12)10(15)16/h1-4H. The van der Waals surface area contributed by atoms with Crippen LogP contribution in [0.1, 0.15) is 11.1 Å². The summed E-state index contributed by atoms with van der Waals surface area (Å²) in [7, 11) is 0. The molecule has 0 saturated carbocycles. The minimum absolute atomic E-state index is 0.504. The lowest BCUT2D eigenvalue weighted by molar-refractivity contribution is 0.409. The predicted octanol–water partition coefficient (Wildman–Crippen LogP) is 4.76. The molecule has 0 heterocycles. The lowest BCUT2D eigenvalue weighted by Gasteiger charge is -1.99. The third kappa shape index (κ3) is 2.65. The topological polar surface area (TPSA) is 0 Å². The van der Waals surface area contributed by atoms with Crippen molar-refractivity contribution in [1.82, 2.24) is 0 Å². The third-order valence-corrected chi connectivity index (χ3v) is 1.72. The van der Waals surface area contributed by atoms with Crippen molar-refractivity contribution in [3.05, 3.63) is 47.6 Å². The first-order chi connectivity index (χ1) is 7.43. The lowest BCUT2D eigenvalue weighted by Crippen LogP contribution is -1.83. The van der Waals surface area contributed by atoms with Gasteiger partial charge < -0.3 is 0 Å². The van der Waals surface area contributed by atoms with Crippen molar-refractivity contribution in [2.75, 3.05) is 0 Å². The van der Waals surface area contributed by atoms with E-state index in [0.717, 1.165) is 24.3 Å². The molecule has 0 radical (unpaired) electrons. The summed E-state index contributed by atoms with van der Waals surface area (Å²) in [5.41, 5.74) is -1.01. The van der Waals surface area contributed by atoms with E-state index in [1.165, 1.54) is 0 Å². The summed E-state index contributed by atoms with van der Waals surface area (Å²) < 4.78 is 72.5. The number of hydrogen-bond acceptors (Lipinski definition) is 0. The summed E-state index contributed by atoms with van der Waals surface area (Å²) in [6.45, 7) is 0. The highest BCUT2D eigenvalue weighted by Gasteiger charge is 2.11. The molecule has 0 aliphatic carbocycles. The fraction of sp³-hybridized carbons (Fsp3) is 0. The fourth-order valence-corrected chi connectivity index (χ4v) is 0.981. The van der Waals surface area contributed by atoms with Crippen molar-refractivity contribution < 1.29 is 26.3 Å². The van der Waals surface area contributed by atoms with Gasteiger partial charge in [0.15, 0.2) is 11.7 Å². The average Bonchev–Trinajstić information content (AvgIpc) is 2.27. The van der Waals surface area contributed by atoms with E-state index < -0.39 is 34.9 Å². The summed E-state index contributed by atoms with van der Waals surface area (Å²) in [4.78, 5) is 0. The monoisotopic (exact) mass is 238 g/mol. The van der Waals surface area contributed by atoms with Gasteiger partial charge in [-0.15, -0.1) is 0 Å². The maximum Gasteiger partial charge on any atom is 0.306 e. The zero-order valence-electron chi connectivity index (χ0n) is 7.58. The van der Waals surface area contributed by atoms with Gasteiger partial charge in [-0.3, -0.25) is 0 Å². The molecule has 0 aliphatic heterocycles. The zero-order valence-corrected chi connectivity index (χ0v) is 7.58. The quantitative estimate of drug-likeness (QED) is 0.652. The second-order valence-electron chi connectivity index (χ2n) is 2.73. The molecule has 0 amide bonds. The number of hydrogen-bond donors (Lipinski definition) is 0. The van der Waals surface area contributed by atoms with Crippen molar-refractivity contribution in [1.29, 1.82) is 0 Å². The van der Waals surface area contributed by atoms with Crippen molar-refractivity contribution in [2.24, 2.45) is 0 Å². The van der Waals surface area contributed by atoms with E-state index in [9.17, 15) is 26.3 Å². The van der Waals surface area contributed by atoms with Gasteiger partial charge >= 0.3 is 12.2 Å². The molecular formula is C10H4F6. The van der Waals surface area contributed by atoms with Gasteiger partial charge in [0, 0.05) is 11.1 Å². The summed E-state index contributed by atoms with van der Waals surface area (Å²) >= 11 is 0. The zero-order chi connectivity index (χ0) is 12.3. The first kappa shape index (κ1) is 12.4. The van der Waals surface area contributed by atoms with Crippen LogP contribution in [-0.2, 0) is 0 Å². The highest BCUT2D eigenvalue weighted by molar-refractivity contribution is 5.65. The normalized spacial score (nSPS) is 9.88. The van der Waals surface area contributed by atoms with Crippen LogP contribution in [0.15, 0.2) is 36.4 Å². The molecule has 1 aromatic carbocycles. The number of rotatable bonds is 2. The summed E-state index contributed by atoms with van der Waals surface area (Å²) in [5.74, 6) is -3.53. The van der Waals surface area contributed by atoms with Crippen molar-refractivity contribution in [3.8, 4) is 0 Å². The summed E-state index contributed by atoms with van der Waals surface area (Å²) in [6.07, 6.45) is -5.05. The highest BCUT2D eigenvalue weighted by atomic mass is 19.3. The molecule has 1 aromatic rings. The smallest absolute Gasteiger partial charge is 0.200 e. The van der Waals surface area contributed by atoms with Crippen LogP contribution in [0, 0.1) is 0 Å². The lowest BCUT2D eigenvalue weighted by atomic mass is 10.1.